The minimum absolute atomic E-state index is 0.192. The largest absolute Gasteiger partial charge is 0.333 e. The van der Waals surface area contributed by atoms with E-state index in [9.17, 15) is 9.59 Å². The second-order valence-corrected chi connectivity index (χ2v) is 4.20. The van der Waals surface area contributed by atoms with Crippen molar-refractivity contribution in [2.24, 2.45) is 0 Å². The molecule has 0 saturated heterocycles. The van der Waals surface area contributed by atoms with Crippen molar-refractivity contribution in [3.8, 4) is 5.69 Å². The number of hydrogen-bond acceptors (Lipinski definition) is 4. The van der Waals surface area contributed by atoms with Crippen LogP contribution in [-0.2, 0) is 0 Å². The molecule has 0 aromatic carbocycles. The summed E-state index contributed by atoms with van der Waals surface area (Å²) < 4.78 is 0.971. The molecule has 1 N–H and O–H groups in total. The van der Waals surface area contributed by atoms with Gasteiger partial charge in [-0.1, -0.05) is 11.6 Å². The molecule has 19 heavy (non-hydrogen) atoms. The Balaban J connectivity index is 2.39. The van der Waals surface area contributed by atoms with Crippen molar-refractivity contribution in [3.63, 3.8) is 0 Å². The zero-order valence-corrected chi connectivity index (χ0v) is 10.3. The van der Waals surface area contributed by atoms with Crippen LogP contribution in [0.3, 0.4) is 0 Å². The zero-order valence-electron chi connectivity index (χ0n) is 9.50. The van der Waals surface area contributed by atoms with Gasteiger partial charge in [0.2, 0.25) is 0 Å². The number of nitrogens with one attached hydrogen (secondary N) is 1. The molecule has 0 amide bonds. The lowest BCUT2D eigenvalue weighted by Gasteiger charge is -2.05. The number of halogens is 1. The van der Waals surface area contributed by atoms with Crippen molar-refractivity contribution in [2.45, 2.75) is 0 Å². The highest BCUT2D eigenvalue weighted by atomic mass is 35.5. The summed E-state index contributed by atoms with van der Waals surface area (Å²) in [6, 6.07) is 6.31. The maximum absolute atomic E-state index is 12.3. The summed E-state index contributed by atoms with van der Waals surface area (Å²) in [5.41, 5.74) is -0.117. The molecule has 3 aromatic heterocycles. The van der Waals surface area contributed by atoms with Gasteiger partial charge in [-0.2, -0.15) is 0 Å². The Hall–Kier alpha value is -2.47. The summed E-state index contributed by atoms with van der Waals surface area (Å²) >= 11 is 5.68. The van der Waals surface area contributed by atoms with Crippen LogP contribution in [0, 0.1) is 0 Å². The average molecular weight is 275 g/mol. The molecule has 0 aliphatic rings. The first-order valence-electron chi connectivity index (χ1n) is 5.39. The third-order valence-electron chi connectivity index (χ3n) is 2.63. The highest BCUT2D eigenvalue weighted by Crippen LogP contribution is 2.07. The van der Waals surface area contributed by atoms with E-state index < -0.39 is 11.2 Å². The van der Waals surface area contributed by atoms with E-state index >= 15 is 0 Å². The van der Waals surface area contributed by atoms with Gasteiger partial charge in [-0.3, -0.25) is 4.79 Å². The highest BCUT2D eigenvalue weighted by Gasteiger charge is 2.10. The molecule has 94 valence electrons. The minimum atomic E-state index is -0.547. The number of H-pyrrole nitrogens is 1. The first kappa shape index (κ1) is 11.6. The molecule has 0 aliphatic carbocycles. The molecular weight excluding hydrogens is 268 g/mol. The van der Waals surface area contributed by atoms with Crippen LogP contribution in [0.25, 0.3) is 16.7 Å². The Labute approximate surface area is 111 Å². The van der Waals surface area contributed by atoms with Gasteiger partial charge >= 0.3 is 5.69 Å². The molecule has 0 atom stereocenters. The fourth-order valence-electron chi connectivity index (χ4n) is 1.78. The van der Waals surface area contributed by atoms with E-state index in [2.05, 4.69) is 15.0 Å². The number of fused-ring (bicyclic) bond motifs is 1. The topological polar surface area (TPSA) is 80.6 Å². The maximum Gasteiger partial charge on any atom is 0.333 e. The molecule has 3 rings (SSSR count). The van der Waals surface area contributed by atoms with Gasteiger partial charge in [0, 0.05) is 6.20 Å². The number of aromatic nitrogens is 4. The lowest BCUT2D eigenvalue weighted by molar-refractivity contribution is 0.889. The van der Waals surface area contributed by atoms with Gasteiger partial charge in [0.25, 0.3) is 5.56 Å². The average Bonchev–Trinajstić information content (AvgIpc) is 2.41. The molecule has 3 heterocycles. The van der Waals surface area contributed by atoms with Crippen molar-refractivity contribution in [1.82, 2.24) is 19.5 Å². The van der Waals surface area contributed by atoms with Gasteiger partial charge in [-0.05, 0) is 24.3 Å². The first-order valence-corrected chi connectivity index (χ1v) is 5.76. The zero-order chi connectivity index (χ0) is 13.4. The molecule has 3 aromatic rings. The molecule has 0 saturated carbocycles. The summed E-state index contributed by atoms with van der Waals surface area (Å²) in [4.78, 5) is 34.6. The fourth-order valence-corrected chi connectivity index (χ4v) is 1.89. The third kappa shape index (κ3) is 1.92. The van der Waals surface area contributed by atoms with Crippen molar-refractivity contribution in [3.05, 3.63) is 62.7 Å². The first-order chi connectivity index (χ1) is 9.16. The van der Waals surface area contributed by atoms with Crippen LogP contribution in [0.4, 0.5) is 0 Å². The van der Waals surface area contributed by atoms with Crippen LogP contribution in [0.5, 0.6) is 0 Å². The Bertz CT molecular complexity index is 867. The molecule has 0 aliphatic heterocycles. The van der Waals surface area contributed by atoms with Crippen molar-refractivity contribution < 1.29 is 0 Å². The molecule has 0 fully saturated rings. The highest BCUT2D eigenvalue weighted by molar-refractivity contribution is 6.29. The number of pyridine rings is 2. The summed E-state index contributed by atoms with van der Waals surface area (Å²) in [7, 11) is 0. The van der Waals surface area contributed by atoms with Gasteiger partial charge in [0.05, 0.1) is 17.4 Å². The summed E-state index contributed by atoms with van der Waals surface area (Å²) in [5, 5.41) is 0.284. The van der Waals surface area contributed by atoms with Crippen molar-refractivity contribution in [1.29, 1.82) is 0 Å². The summed E-state index contributed by atoms with van der Waals surface area (Å²) in [5.74, 6) is 0. The predicted molar refractivity (Wildman–Crippen MR) is 70.8 cm³/mol. The standard InChI is InChI=1S/C12H7ClN4O2/c13-9-4-3-7(6-15-9)17-11(18)10-8(16-12(17)19)2-1-5-14-10/h1-6H,(H,16,19). The third-order valence-corrected chi connectivity index (χ3v) is 2.85. The molecular formula is C12H7ClN4O2. The smallest absolute Gasteiger partial charge is 0.305 e. The van der Waals surface area contributed by atoms with Gasteiger partial charge in [-0.25, -0.2) is 19.3 Å². The van der Waals surface area contributed by atoms with Gasteiger partial charge < -0.3 is 4.98 Å². The number of rotatable bonds is 1. The van der Waals surface area contributed by atoms with E-state index in [-0.39, 0.29) is 10.7 Å². The number of hydrogen-bond donors (Lipinski definition) is 1. The van der Waals surface area contributed by atoms with Gasteiger partial charge in [0.15, 0.2) is 5.52 Å². The monoisotopic (exact) mass is 274 g/mol. The Morgan fingerprint density at radius 3 is 2.74 bits per heavy atom. The molecule has 0 spiro atoms. The van der Waals surface area contributed by atoms with Gasteiger partial charge in [-0.15, -0.1) is 0 Å². The second kappa shape index (κ2) is 4.33. The molecule has 7 heteroatoms. The molecule has 0 bridgehead atoms. The van der Waals surface area contributed by atoms with E-state index in [1.807, 2.05) is 0 Å². The van der Waals surface area contributed by atoms with E-state index in [0.717, 1.165) is 4.57 Å². The molecule has 0 unspecified atom stereocenters. The Kier molecular flexibility index (Phi) is 2.64. The number of nitrogens with zero attached hydrogens (tertiary/aromatic N) is 3. The summed E-state index contributed by atoms with van der Waals surface area (Å²) in [6.45, 7) is 0. The normalized spacial score (nSPS) is 10.8. The lowest BCUT2D eigenvalue weighted by atomic mass is 10.3. The van der Waals surface area contributed by atoms with E-state index in [1.54, 1.807) is 18.2 Å². The van der Waals surface area contributed by atoms with Gasteiger partial charge in [0.1, 0.15) is 5.15 Å². The molecule has 6 nitrogen and oxygen atoms in total. The lowest BCUT2D eigenvalue weighted by Crippen LogP contribution is -2.34. The van der Waals surface area contributed by atoms with Crippen LogP contribution < -0.4 is 11.2 Å². The fraction of sp³-hybridized carbons (Fsp3) is 0. The van der Waals surface area contributed by atoms with Crippen LogP contribution in [0.15, 0.2) is 46.2 Å². The maximum atomic E-state index is 12.3. The van der Waals surface area contributed by atoms with Crippen LogP contribution in [0.1, 0.15) is 0 Å². The Morgan fingerprint density at radius 2 is 2.00 bits per heavy atom. The molecule has 0 radical (unpaired) electrons. The minimum Gasteiger partial charge on any atom is -0.305 e. The van der Waals surface area contributed by atoms with E-state index in [1.165, 1.54) is 18.5 Å². The van der Waals surface area contributed by atoms with E-state index in [4.69, 9.17) is 11.6 Å². The second-order valence-electron chi connectivity index (χ2n) is 3.81. The van der Waals surface area contributed by atoms with Crippen LogP contribution in [-0.4, -0.2) is 19.5 Å². The van der Waals surface area contributed by atoms with Crippen molar-refractivity contribution in [2.75, 3.05) is 0 Å². The van der Waals surface area contributed by atoms with Crippen LogP contribution >= 0.6 is 11.6 Å². The predicted octanol–water partition coefficient (Wildman–Crippen LogP) is 1.12. The van der Waals surface area contributed by atoms with Crippen LogP contribution in [0.2, 0.25) is 5.15 Å². The number of aromatic amines is 1. The Morgan fingerprint density at radius 1 is 1.16 bits per heavy atom. The van der Waals surface area contributed by atoms with Crippen molar-refractivity contribution >= 4 is 22.6 Å². The SMILES string of the molecule is O=c1[nH]c2cccnc2c(=O)n1-c1ccc(Cl)nc1. The van der Waals surface area contributed by atoms with E-state index in [0.29, 0.717) is 11.2 Å². The summed E-state index contributed by atoms with van der Waals surface area (Å²) in [6.07, 6.45) is 2.85. The quantitative estimate of drug-likeness (QED) is 0.674.